The summed E-state index contributed by atoms with van der Waals surface area (Å²) in [5.74, 6) is -0.255. The van der Waals surface area contributed by atoms with Crippen LogP contribution in [0.1, 0.15) is 39.7 Å². The van der Waals surface area contributed by atoms with E-state index in [9.17, 15) is 14.7 Å². The van der Waals surface area contributed by atoms with Crippen molar-refractivity contribution in [3.63, 3.8) is 0 Å². The highest BCUT2D eigenvalue weighted by Crippen LogP contribution is 2.39. The summed E-state index contributed by atoms with van der Waals surface area (Å²) in [6.07, 6.45) is 0.601. The van der Waals surface area contributed by atoms with Crippen molar-refractivity contribution in [3.05, 3.63) is 74.1 Å². The zero-order chi connectivity index (χ0) is 20.7. The van der Waals surface area contributed by atoms with Crippen LogP contribution in [-0.2, 0) is 4.74 Å². The molecule has 0 aliphatic carbocycles. The Labute approximate surface area is 172 Å². The van der Waals surface area contributed by atoms with Gasteiger partial charge in [0.2, 0.25) is 5.76 Å². The number of fused-ring (bicyclic) bond motifs is 2. The minimum absolute atomic E-state index is 0.0370. The Kier molecular flexibility index (Phi) is 5.06. The molecule has 2 aromatic carbocycles. The number of aromatic hydroxyl groups is 1. The molecule has 3 aromatic rings. The number of hydrogen-bond acceptors (Lipinski definition) is 5. The van der Waals surface area contributed by atoms with E-state index >= 15 is 0 Å². The normalized spacial score (nSPS) is 15.9. The number of methoxy groups -OCH3 is 1. The van der Waals surface area contributed by atoms with Gasteiger partial charge in [-0.15, -0.1) is 0 Å². The molecule has 1 aromatic heterocycles. The highest BCUT2D eigenvalue weighted by Gasteiger charge is 2.42. The van der Waals surface area contributed by atoms with Crippen LogP contribution in [0.4, 0.5) is 0 Å². The summed E-state index contributed by atoms with van der Waals surface area (Å²) in [7, 11) is 1.59. The van der Waals surface area contributed by atoms with Gasteiger partial charge >= 0.3 is 0 Å². The molecule has 0 saturated heterocycles. The number of hydrogen-bond donors (Lipinski definition) is 1. The van der Waals surface area contributed by atoms with Gasteiger partial charge in [0.05, 0.1) is 17.0 Å². The molecule has 0 bridgehead atoms. The first kappa shape index (κ1) is 19.5. The van der Waals surface area contributed by atoms with Crippen LogP contribution >= 0.6 is 11.6 Å². The zero-order valence-corrected chi connectivity index (χ0v) is 16.8. The molecular formula is C22H20ClNO5. The fourth-order valence-electron chi connectivity index (χ4n) is 3.79. The number of nitrogens with zero attached hydrogens (tertiary/aromatic N) is 1. The molecule has 7 heteroatoms. The van der Waals surface area contributed by atoms with Gasteiger partial charge in [0.15, 0.2) is 5.43 Å². The number of rotatable bonds is 5. The molecular weight excluding hydrogens is 394 g/mol. The highest BCUT2D eigenvalue weighted by atomic mass is 35.5. The van der Waals surface area contributed by atoms with Crippen molar-refractivity contribution in [1.29, 1.82) is 0 Å². The number of phenols is 1. The average molecular weight is 414 g/mol. The van der Waals surface area contributed by atoms with E-state index in [1.54, 1.807) is 48.4 Å². The number of benzene rings is 2. The summed E-state index contributed by atoms with van der Waals surface area (Å²) in [5, 5.41) is 10.7. The van der Waals surface area contributed by atoms with Crippen molar-refractivity contribution >= 4 is 28.5 Å². The van der Waals surface area contributed by atoms with Gasteiger partial charge in [0, 0.05) is 25.3 Å². The van der Waals surface area contributed by atoms with Crippen LogP contribution in [0.5, 0.6) is 5.75 Å². The Hall–Kier alpha value is -2.83. The van der Waals surface area contributed by atoms with Gasteiger partial charge in [0.25, 0.3) is 5.91 Å². The molecule has 29 heavy (non-hydrogen) atoms. The van der Waals surface area contributed by atoms with Gasteiger partial charge in [0.1, 0.15) is 11.3 Å². The summed E-state index contributed by atoms with van der Waals surface area (Å²) < 4.78 is 11.0. The van der Waals surface area contributed by atoms with Crippen molar-refractivity contribution in [1.82, 2.24) is 4.90 Å². The first-order chi connectivity index (χ1) is 13.9. The van der Waals surface area contributed by atoms with Gasteiger partial charge in [-0.1, -0.05) is 23.7 Å². The van der Waals surface area contributed by atoms with Gasteiger partial charge < -0.3 is 19.2 Å². The van der Waals surface area contributed by atoms with Crippen LogP contribution in [0.25, 0.3) is 11.0 Å². The maximum atomic E-state index is 13.4. The van der Waals surface area contributed by atoms with Crippen molar-refractivity contribution in [2.45, 2.75) is 19.4 Å². The summed E-state index contributed by atoms with van der Waals surface area (Å²) in [6, 6.07) is 9.16. The average Bonchev–Trinajstić information content (AvgIpc) is 2.96. The Morgan fingerprint density at radius 3 is 2.76 bits per heavy atom. The van der Waals surface area contributed by atoms with Crippen LogP contribution in [0.3, 0.4) is 0 Å². The number of carbonyl (C=O) groups excluding carboxylic acids is 1. The second kappa shape index (κ2) is 7.54. The van der Waals surface area contributed by atoms with E-state index in [-0.39, 0.29) is 28.4 Å². The summed E-state index contributed by atoms with van der Waals surface area (Å²) in [5.41, 5.74) is 1.70. The Morgan fingerprint density at radius 1 is 1.24 bits per heavy atom. The lowest BCUT2D eigenvalue weighted by molar-refractivity contribution is 0.0707. The van der Waals surface area contributed by atoms with Crippen molar-refractivity contribution in [2.24, 2.45) is 0 Å². The second-order valence-electron chi connectivity index (χ2n) is 7.11. The number of carbonyl (C=O) groups is 1. The molecule has 1 aliphatic heterocycles. The van der Waals surface area contributed by atoms with E-state index in [0.29, 0.717) is 41.1 Å². The summed E-state index contributed by atoms with van der Waals surface area (Å²) in [4.78, 5) is 28.2. The number of aryl methyl sites for hydroxylation is 1. The largest absolute Gasteiger partial charge is 0.508 e. The van der Waals surface area contributed by atoms with Crippen molar-refractivity contribution in [2.75, 3.05) is 20.3 Å². The Bertz CT molecular complexity index is 1170. The maximum absolute atomic E-state index is 13.4. The monoisotopic (exact) mass is 413 g/mol. The topological polar surface area (TPSA) is 80.0 Å². The third-order valence-electron chi connectivity index (χ3n) is 5.18. The first-order valence-corrected chi connectivity index (χ1v) is 9.66. The van der Waals surface area contributed by atoms with E-state index in [4.69, 9.17) is 20.8 Å². The third kappa shape index (κ3) is 3.28. The first-order valence-electron chi connectivity index (χ1n) is 9.28. The van der Waals surface area contributed by atoms with E-state index in [0.717, 1.165) is 5.56 Å². The fourth-order valence-corrected chi connectivity index (χ4v) is 3.96. The molecule has 0 radical (unpaired) electrons. The molecule has 2 heterocycles. The van der Waals surface area contributed by atoms with Gasteiger partial charge in [-0.3, -0.25) is 9.59 Å². The molecule has 0 saturated carbocycles. The maximum Gasteiger partial charge on any atom is 0.290 e. The minimum Gasteiger partial charge on any atom is -0.508 e. The SMILES string of the molecule is COCCCN1C(=O)c2oc3cc(C)c(Cl)cc3c(=O)c2[C@@H]1c1cccc(O)c1. The van der Waals surface area contributed by atoms with Crippen LogP contribution in [0.2, 0.25) is 5.02 Å². The fraction of sp³-hybridized carbons (Fsp3) is 0.273. The van der Waals surface area contributed by atoms with Crippen LogP contribution in [0, 0.1) is 6.92 Å². The van der Waals surface area contributed by atoms with Crippen molar-refractivity contribution in [3.8, 4) is 5.75 Å². The van der Waals surface area contributed by atoms with E-state index < -0.39 is 6.04 Å². The quantitative estimate of drug-likeness (QED) is 0.638. The summed E-state index contributed by atoms with van der Waals surface area (Å²) in [6.45, 7) is 2.67. The van der Waals surface area contributed by atoms with Crippen LogP contribution < -0.4 is 5.43 Å². The van der Waals surface area contributed by atoms with Crippen LogP contribution in [0.15, 0.2) is 45.6 Å². The lowest BCUT2D eigenvalue weighted by atomic mass is 9.98. The molecule has 0 fully saturated rings. The predicted octanol–water partition coefficient (Wildman–Crippen LogP) is 4.04. The second-order valence-corrected chi connectivity index (χ2v) is 7.52. The molecule has 1 atom stereocenters. The lowest BCUT2D eigenvalue weighted by Gasteiger charge is -2.25. The number of ether oxygens (including phenoxy) is 1. The van der Waals surface area contributed by atoms with Crippen molar-refractivity contribution < 1.29 is 19.1 Å². The molecule has 6 nitrogen and oxygen atoms in total. The van der Waals surface area contributed by atoms with E-state index in [1.165, 1.54) is 0 Å². The predicted molar refractivity (Wildman–Crippen MR) is 110 cm³/mol. The van der Waals surface area contributed by atoms with E-state index in [1.807, 2.05) is 6.92 Å². The number of phenolic OH excluding ortho intramolecular Hbond substituents is 1. The Balaban J connectivity index is 1.95. The molecule has 0 spiro atoms. The van der Waals surface area contributed by atoms with Gasteiger partial charge in [-0.25, -0.2) is 0 Å². The molecule has 1 N–H and O–H groups in total. The number of halogens is 1. The summed E-state index contributed by atoms with van der Waals surface area (Å²) >= 11 is 6.22. The zero-order valence-electron chi connectivity index (χ0n) is 16.1. The minimum atomic E-state index is -0.651. The lowest BCUT2D eigenvalue weighted by Crippen LogP contribution is -2.31. The van der Waals surface area contributed by atoms with Gasteiger partial charge in [-0.2, -0.15) is 0 Å². The van der Waals surface area contributed by atoms with E-state index in [2.05, 4.69) is 0 Å². The smallest absolute Gasteiger partial charge is 0.290 e. The number of amides is 1. The highest BCUT2D eigenvalue weighted by molar-refractivity contribution is 6.32. The molecule has 1 amide bonds. The Morgan fingerprint density at radius 2 is 2.03 bits per heavy atom. The standard InChI is InChI=1S/C22H20ClNO5/c1-12-9-17-15(11-16(12)23)20(26)18-19(13-5-3-6-14(25)10-13)24(7-4-8-28-2)22(27)21(18)29-17/h3,5-6,9-11,19,25H,4,7-8H2,1-2H3/t19-/m0/s1. The van der Waals surface area contributed by atoms with Gasteiger partial charge in [-0.05, 0) is 48.7 Å². The molecule has 0 unspecified atom stereocenters. The molecule has 4 rings (SSSR count). The van der Waals surface area contributed by atoms with Crippen LogP contribution in [-0.4, -0.2) is 36.2 Å². The molecule has 150 valence electrons. The molecule has 1 aliphatic rings. The third-order valence-corrected chi connectivity index (χ3v) is 5.59.